The summed E-state index contributed by atoms with van der Waals surface area (Å²) in [5, 5.41) is 3.08. The van der Waals surface area contributed by atoms with E-state index in [0.717, 1.165) is 11.4 Å². The molecule has 1 aliphatic heterocycles. The van der Waals surface area contributed by atoms with Gasteiger partial charge in [0.05, 0.1) is 32.8 Å². The molecule has 120 valence electrons. The summed E-state index contributed by atoms with van der Waals surface area (Å²) in [6.45, 7) is 2.64. The van der Waals surface area contributed by atoms with Gasteiger partial charge in [0, 0.05) is 12.1 Å². The lowest BCUT2D eigenvalue weighted by atomic mass is 9.92. The minimum atomic E-state index is -0.749. The Morgan fingerprint density at radius 3 is 2.73 bits per heavy atom. The van der Waals surface area contributed by atoms with Gasteiger partial charge < -0.3 is 19.5 Å². The van der Waals surface area contributed by atoms with Crippen LogP contribution in [0.5, 0.6) is 5.75 Å². The van der Waals surface area contributed by atoms with Crippen molar-refractivity contribution < 1.29 is 23.8 Å². The quantitative estimate of drug-likeness (QED) is 0.806. The number of ketones is 1. The molecule has 0 bridgehead atoms. The van der Waals surface area contributed by atoms with Crippen LogP contribution in [0.4, 0.5) is 5.69 Å². The van der Waals surface area contributed by atoms with E-state index in [9.17, 15) is 9.59 Å². The highest BCUT2D eigenvalue weighted by Crippen LogP contribution is 2.21. The van der Waals surface area contributed by atoms with Gasteiger partial charge in [0.2, 0.25) is 0 Å². The van der Waals surface area contributed by atoms with E-state index in [1.165, 1.54) is 0 Å². The second-order valence-electron chi connectivity index (χ2n) is 5.00. The fourth-order valence-electron chi connectivity index (χ4n) is 2.37. The second-order valence-corrected chi connectivity index (χ2v) is 5.00. The van der Waals surface area contributed by atoms with Gasteiger partial charge in [0.25, 0.3) is 0 Å². The molecule has 1 N–H and O–H groups in total. The lowest BCUT2D eigenvalue weighted by molar-refractivity contribution is -0.150. The molecule has 0 unspecified atom stereocenters. The first-order valence-corrected chi connectivity index (χ1v) is 7.33. The number of rotatable bonds is 6. The lowest BCUT2D eigenvalue weighted by Gasteiger charge is -2.28. The van der Waals surface area contributed by atoms with Crippen LogP contribution in [-0.4, -0.2) is 44.7 Å². The number of carbonyl (C=O) groups is 2. The van der Waals surface area contributed by atoms with Crippen LogP contribution in [-0.2, 0) is 19.1 Å². The Balaban J connectivity index is 2.15. The van der Waals surface area contributed by atoms with Crippen molar-refractivity contribution in [1.29, 1.82) is 0 Å². The zero-order chi connectivity index (χ0) is 15.9. The minimum Gasteiger partial charge on any atom is -0.497 e. The maximum absolute atomic E-state index is 12.2. The number of anilines is 1. The molecule has 1 aromatic rings. The van der Waals surface area contributed by atoms with E-state index >= 15 is 0 Å². The molecule has 0 aliphatic carbocycles. The molecule has 0 aromatic heterocycles. The topological polar surface area (TPSA) is 73.9 Å². The van der Waals surface area contributed by atoms with Crippen LogP contribution < -0.4 is 10.1 Å². The fourth-order valence-corrected chi connectivity index (χ4v) is 2.37. The summed E-state index contributed by atoms with van der Waals surface area (Å²) < 4.78 is 15.5. The molecule has 6 nitrogen and oxygen atoms in total. The van der Waals surface area contributed by atoms with Crippen LogP contribution in [0.25, 0.3) is 0 Å². The SMILES string of the molecule is CCOC(=O)[C@H](Nc1ccc(OC)cc1)[C@H]1COCCC1=O. The first-order chi connectivity index (χ1) is 10.7. The van der Waals surface area contributed by atoms with Gasteiger partial charge in [-0.3, -0.25) is 4.79 Å². The van der Waals surface area contributed by atoms with Crippen LogP contribution in [0.2, 0.25) is 0 Å². The number of carbonyl (C=O) groups excluding carboxylic acids is 2. The van der Waals surface area contributed by atoms with Crippen molar-refractivity contribution in [3.05, 3.63) is 24.3 Å². The summed E-state index contributed by atoms with van der Waals surface area (Å²) in [6.07, 6.45) is 0.324. The summed E-state index contributed by atoms with van der Waals surface area (Å²) in [5.74, 6) is -0.238. The van der Waals surface area contributed by atoms with E-state index in [2.05, 4.69) is 5.32 Å². The van der Waals surface area contributed by atoms with Gasteiger partial charge in [0.15, 0.2) is 0 Å². The van der Waals surface area contributed by atoms with E-state index in [1.54, 1.807) is 38.3 Å². The fraction of sp³-hybridized carbons (Fsp3) is 0.500. The molecule has 2 atom stereocenters. The van der Waals surface area contributed by atoms with Crippen molar-refractivity contribution in [2.24, 2.45) is 5.92 Å². The van der Waals surface area contributed by atoms with E-state index in [1.807, 2.05) is 0 Å². The Kier molecular flexibility index (Phi) is 5.77. The molecule has 2 rings (SSSR count). The molecule has 0 spiro atoms. The minimum absolute atomic E-state index is 0.0188. The summed E-state index contributed by atoms with van der Waals surface area (Å²) in [6, 6.07) is 6.40. The van der Waals surface area contributed by atoms with Crippen molar-refractivity contribution in [3.8, 4) is 5.75 Å². The number of hydrogen-bond acceptors (Lipinski definition) is 6. The molecule has 1 saturated heterocycles. The zero-order valence-electron chi connectivity index (χ0n) is 12.8. The van der Waals surface area contributed by atoms with Crippen molar-refractivity contribution in [1.82, 2.24) is 0 Å². The van der Waals surface area contributed by atoms with Gasteiger partial charge in [-0.15, -0.1) is 0 Å². The molecular formula is C16H21NO5. The zero-order valence-corrected chi connectivity index (χ0v) is 12.8. The molecule has 1 heterocycles. The molecule has 6 heteroatoms. The predicted molar refractivity (Wildman–Crippen MR) is 81.0 cm³/mol. The van der Waals surface area contributed by atoms with Crippen molar-refractivity contribution in [2.75, 3.05) is 32.2 Å². The molecule has 0 radical (unpaired) electrons. The van der Waals surface area contributed by atoms with Gasteiger partial charge in [-0.1, -0.05) is 0 Å². The Bertz CT molecular complexity index is 514. The molecule has 1 aliphatic rings. The van der Waals surface area contributed by atoms with Gasteiger partial charge in [-0.25, -0.2) is 4.79 Å². The van der Waals surface area contributed by atoms with Crippen molar-refractivity contribution in [2.45, 2.75) is 19.4 Å². The van der Waals surface area contributed by atoms with Crippen LogP contribution >= 0.6 is 0 Å². The van der Waals surface area contributed by atoms with E-state index < -0.39 is 17.9 Å². The maximum atomic E-state index is 12.2. The normalized spacial score (nSPS) is 19.4. The summed E-state index contributed by atoms with van der Waals surface area (Å²) in [5.41, 5.74) is 0.720. The third-order valence-electron chi connectivity index (χ3n) is 3.56. The number of methoxy groups -OCH3 is 1. The number of Topliss-reactive ketones (excluding diaryl/α,β-unsaturated/α-hetero) is 1. The summed E-state index contributed by atoms with van der Waals surface area (Å²) in [7, 11) is 1.59. The average molecular weight is 307 g/mol. The highest BCUT2D eigenvalue weighted by atomic mass is 16.5. The van der Waals surface area contributed by atoms with E-state index in [0.29, 0.717) is 13.0 Å². The van der Waals surface area contributed by atoms with Gasteiger partial charge in [0.1, 0.15) is 17.6 Å². The van der Waals surface area contributed by atoms with Crippen LogP contribution in [0.15, 0.2) is 24.3 Å². The molecule has 0 amide bonds. The largest absolute Gasteiger partial charge is 0.497 e. The Labute approximate surface area is 129 Å². The van der Waals surface area contributed by atoms with Crippen molar-refractivity contribution >= 4 is 17.4 Å². The third-order valence-corrected chi connectivity index (χ3v) is 3.56. The van der Waals surface area contributed by atoms with E-state index in [4.69, 9.17) is 14.2 Å². The van der Waals surface area contributed by atoms with Gasteiger partial charge in [-0.2, -0.15) is 0 Å². The maximum Gasteiger partial charge on any atom is 0.329 e. The smallest absolute Gasteiger partial charge is 0.329 e. The third kappa shape index (κ3) is 3.98. The molecule has 1 fully saturated rings. The summed E-state index contributed by atoms with van der Waals surface area (Å²) in [4.78, 5) is 24.3. The van der Waals surface area contributed by atoms with Crippen LogP contribution in [0, 0.1) is 5.92 Å². The van der Waals surface area contributed by atoms with Crippen molar-refractivity contribution in [3.63, 3.8) is 0 Å². The number of nitrogens with one attached hydrogen (secondary N) is 1. The first kappa shape index (κ1) is 16.3. The Hall–Kier alpha value is -2.08. The standard InChI is InChI=1S/C16H21NO5/c1-3-22-16(19)15(13-10-21-9-8-14(13)18)17-11-4-6-12(20-2)7-5-11/h4-7,13,15,17H,3,8-10H2,1-2H3/t13-,15+/m0/s1. The number of hydrogen-bond donors (Lipinski definition) is 1. The highest BCUT2D eigenvalue weighted by Gasteiger charge is 2.36. The second kappa shape index (κ2) is 7.79. The Morgan fingerprint density at radius 2 is 2.14 bits per heavy atom. The number of esters is 1. The summed E-state index contributed by atoms with van der Waals surface area (Å²) >= 11 is 0. The number of benzene rings is 1. The lowest BCUT2D eigenvalue weighted by Crippen LogP contribution is -2.46. The monoisotopic (exact) mass is 307 g/mol. The number of ether oxygens (including phenoxy) is 3. The van der Waals surface area contributed by atoms with Gasteiger partial charge in [-0.05, 0) is 31.2 Å². The first-order valence-electron chi connectivity index (χ1n) is 7.33. The van der Waals surface area contributed by atoms with Crippen LogP contribution in [0.3, 0.4) is 0 Å². The highest BCUT2D eigenvalue weighted by molar-refractivity contribution is 5.91. The predicted octanol–water partition coefficient (Wildman–Crippen LogP) is 1.64. The molecule has 0 saturated carbocycles. The Morgan fingerprint density at radius 1 is 1.41 bits per heavy atom. The molecule has 1 aromatic carbocycles. The van der Waals surface area contributed by atoms with Crippen LogP contribution in [0.1, 0.15) is 13.3 Å². The molecule has 22 heavy (non-hydrogen) atoms. The van der Waals surface area contributed by atoms with Gasteiger partial charge >= 0.3 is 5.97 Å². The molecular weight excluding hydrogens is 286 g/mol. The average Bonchev–Trinajstić information content (AvgIpc) is 2.54. The van der Waals surface area contributed by atoms with E-state index in [-0.39, 0.29) is 19.0 Å².